The first kappa shape index (κ1) is 5.35. The zero-order valence-corrected chi connectivity index (χ0v) is 5.56. The Hall–Kier alpha value is -0.440. The molecule has 0 N–H and O–H groups in total. The van der Waals surface area contributed by atoms with Gasteiger partial charge in [-0.25, -0.2) is 0 Å². The molecule has 0 nitrogen and oxygen atoms in total. The van der Waals surface area contributed by atoms with E-state index in [4.69, 9.17) is 0 Å². The topological polar surface area (TPSA) is 0 Å². The quantitative estimate of drug-likeness (QED) is 0.428. The van der Waals surface area contributed by atoms with Crippen LogP contribution in [0.3, 0.4) is 0 Å². The second-order valence-electron chi connectivity index (χ2n) is 2.95. The Labute approximate surface area is 56.6 Å². The van der Waals surface area contributed by atoms with Crippen LogP contribution in [0.15, 0.2) is 0 Å². The van der Waals surface area contributed by atoms with Crippen molar-refractivity contribution in [3.63, 3.8) is 0 Å². The van der Waals surface area contributed by atoms with Crippen molar-refractivity contribution in [2.45, 2.75) is 25.7 Å². The van der Waals surface area contributed by atoms with Crippen LogP contribution in [0.5, 0.6) is 0 Å². The molecule has 0 aromatic rings. The highest BCUT2D eigenvalue weighted by atomic mass is 14.4. The van der Waals surface area contributed by atoms with Gasteiger partial charge in [-0.15, -0.1) is 11.8 Å². The second-order valence-corrected chi connectivity index (χ2v) is 2.95. The summed E-state index contributed by atoms with van der Waals surface area (Å²) in [4.78, 5) is 0. The Kier molecular flexibility index (Phi) is 1.23. The van der Waals surface area contributed by atoms with Crippen LogP contribution >= 0.6 is 0 Å². The maximum absolute atomic E-state index is 3.17. The third kappa shape index (κ3) is 1.10. The molecule has 0 saturated heterocycles. The van der Waals surface area contributed by atoms with Gasteiger partial charge in [-0.3, -0.25) is 0 Å². The molecule has 0 amide bonds. The fourth-order valence-corrected chi connectivity index (χ4v) is 1.53. The first-order chi connectivity index (χ1) is 4.47. The second kappa shape index (κ2) is 2.06. The lowest BCUT2D eigenvalue weighted by Crippen LogP contribution is -1.85. The van der Waals surface area contributed by atoms with Crippen molar-refractivity contribution in [1.29, 1.82) is 0 Å². The minimum absolute atomic E-state index is 0.958. The highest BCUT2D eigenvalue weighted by molar-refractivity contribution is 5.11. The molecule has 1 radical (unpaired) electrons. The number of hydrogen-bond acceptors (Lipinski definition) is 0. The molecule has 9 heavy (non-hydrogen) atoms. The Morgan fingerprint density at radius 1 is 1.00 bits per heavy atom. The van der Waals surface area contributed by atoms with Crippen LogP contribution < -0.4 is 0 Å². The number of hydrogen-bond donors (Lipinski definition) is 0. The van der Waals surface area contributed by atoms with Crippen molar-refractivity contribution in [2.24, 2.45) is 11.8 Å². The molecule has 0 bridgehead atoms. The molecule has 0 aliphatic heterocycles. The lowest BCUT2D eigenvalue weighted by molar-refractivity contribution is 0.618. The molecule has 47 valence electrons. The van der Waals surface area contributed by atoms with E-state index < -0.39 is 0 Å². The highest BCUT2D eigenvalue weighted by Crippen LogP contribution is 2.44. The van der Waals surface area contributed by atoms with Crippen LogP contribution in [-0.4, -0.2) is 0 Å². The number of rotatable bonds is 0. The molecule has 0 aromatic heterocycles. The smallest absolute Gasteiger partial charge is 0.00915 e. The Bertz CT molecular complexity index is 143. The predicted octanol–water partition coefficient (Wildman–Crippen LogP) is 2.01. The van der Waals surface area contributed by atoms with Gasteiger partial charge in [0.25, 0.3) is 0 Å². The van der Waals surface area contributed by atoms with E-state index in [1.165, 1.54) is 12.8 Å². The summed E-state index contributed by atoms with van der Waals surface area (Å²) in [5.41, 5.74) is 0. The van der Waals surface area contributed by atoms with Gasteiger partial charge in [-0.2, -0.15) is 0 Å². The van der Waals surface area contributed by atoms with Crippen LogP contribution in [0.25, 0.3) is 0 Å². The predicted molar refractivity (Wildman–Crippen MR) is 37.5 cm³/mol. The van der Waals surface area contributed by atoms with Gasteiger partial charge >= 0.3 is 0 Å². The summed E-state index contributed by atoms with van der Waals surface area (Å²) in [6.07, 6.45) is 7.40. The molecule has 2 rings (SSSR count). The zero-order valence-electron chi connectivity index (χ0n) is 5.56. The van der Waals surface area contributed by atoms with Gasteiger partial charge in [0.2, 0.25) is 0 Å². The third-order valence-corrected chi connectivity index (χ3v) is 2.23. The van der Waals surface area contributed by atoms with Crippen LogP contribution in [-0.2, 0) is 0 Å². The summed E-state index contributed by atoms with van der Waals surface area (Å²) in [5, 5.41) is 0. The molecular weight excluding hydrogens is 108 g/mol. The van der Waals surface area contributed by atoms with E-state index in [1.807, 2.05) is 0 Å². The lowest BCUT2D eigenvalue weighted by atomic mass is 10.1. The van der Waals surface area contributed by atoms with Crippen LogP contribution in [0.4, 0.5) is 0 Å². The average Bonchev–Trinajstić information content (AvgIpc) is 2.46. The van der Waals surface area contributed by atoms with E-state index in [0.717, 1.165) is 24.7 Å². The Morgan fingerprint density at radius 2 is 1.56 bits per heavy atom. The molecule has 2 aliphatic carbocycles. The van der Waals surface area contributed by atoms with Crippen molar-refractivity contribution >= 4 is 0 Å². The molecule has 1 fully saturated rings. The van der Waals surface area contributed by atoms with E-state index in [0.29, 0.717) is 0 Å². The maximum Gasteiger partial charge on any atom is 0.00915 e. The largest absolute Gasteiger partial charge is 0.103 e. The summed E-state index contributed by atoms with van der Waals surface area (Å²) < 4.78 is 0. The summed E-state index contributed by atoms with van der Waals surface area (Å²) in [7, 11) is 0. The minimum atomic E-state index is 0.958. The minimum Gasteiger partial charge on any atom is -0.103 e. The Morgan fingerprint density at radius 3 is 2.11 bits per heavy atom. The molecule has 0 heteroatoms. The fraction of sp³-hybridized carbons (Fsp3) is 0.667. The van der Waals surface area contributed by atoms with Crippen LogP contribution in [0.2, 0.25) is 0 Å². The SMILES string of the molecule is C1#CCC[C@@H]2[CH][C@@H]2CC1. The van der Waals surface area contributed by atoms with Gasteiger partial charge in [0.05, 0.1) is 0 Å². The molecule has 0 heterocycles. The average molecular weight is 119 g/mol. The first-order valence-electron chi connectivity index (χ1n) is 3.77. The molecule has 0 spiro atoms. The summed E-state index contributed by atoms with van der Waals surface area (Å²) >= 11 is 0. The zero-order chi connectivity index (χ0) is 6.10. The molecule has 2 aliphatic rings. The summed E-state index contributed by atoms with van der Waals surface area (Å²) in [6.45, 7) is 0. The van der Waals surface area contributed by atoms with E-state index in [9.17, 15) is 0 Å². The maximum atomic E-state index is 3.17. The fourth-order valence-electron chi connectivity index (χ4n) is 1.53. The third-order valence-electron chi connectivity index (χ3n) is 2.23. The van der Waals surface area contributed by atoms with E-state index >= 15 is 0 Å². The van der Waals surface area contributed by atoms with Gasteiger partial charge in [0, 0.05) is 12.8 Å². The van der Waals surface area contributed by atoms with Gasteiger partial charge in [0.15, 0.2) is 0 Å². The monoisotopic (exact) mass is 119 g/mol. The molecular formula is C9H11. The van der Waals surface area contributed by atoms with Crippen molar-refractivity contribution in [1.82, 2.24) is 0 Å². The van der Waals surface area contributed by atoms with E-state index in [-0.39, 0.29) is 0 Å². The standard InChI is InChI=1S/C9H11/c1-2-4-6-9-7-8(9)5-3-1/h7-9H,3-6H2/t8-,9+. The normalized spacial score (nSPS) is 39.1. The van der Waals surface area contributed by atoms with Crippen molar-refractivity contribution in [3.8, 4) is 11.8 Å². The van der Waals surface area contributed by atoms with Crippen LogP contribution in [0, 0.1) is 30.1 Å². The molecule has 2 atom stereocenters. The van der Waals surface area contributed by atoms with Crippen molar-refractivity contribution in [2.75, 3.05) is 0 Å². The highest BCUT2D eigenvalue weighted by Gasteiger charge is 2.35. The van der Waals surface area contributed by atoms with Gasteiger partial charge < -0.3 is 0 Å². The Balaban J connectivity index is 1.95. The summed E-state index contributed by atoms with van der Waals surface area (Å²) in [6, 6.07) is 0. The lowest BCUT2D eigenvalue weighted by Gasteiger charge is -1.96. The molecule has 1 saturated carbocycles. The summed E-state index contributed by atoms with van der Waals surface area (Å²) in [5.74, 6) is 8.26. The molecule has 0 unspecified atom stereocenters. The molecule has 0 aromatic carbocycles. The number of fused-ring (bicyclic) bond motifs is 1. The van der Waals surface area contributed by atoms with Gasteiger partial charge in [-0.1, -0.05) is 0 Å². The van der Waals surface area contributed by atoms with Crippen molar-refractivity contribution in [3.05, 3.63) is 6.42 Å². The van der Waals surface area contributed by atoms with Gasteiger partial charge in [0.1, 0.15) is 0 Å². The van der Waals surface area contributed by atoms with Crippen molar-refractivity contribution < 1.29 is 0 Å². The van der Waals surface area contributed by atoms with E-state index in [1.54, 1.807) is 0 Å². The van der Waals surface area contributed by atoms with Gasteiger partial charge in [-0.05, 0) is 31.1 Å². The first-order valence-corrected chi connectivity index (χ1v) is 3.77. The van der Waals surface area contributed by atoms with Crippen LogP contribution in [0.1, 0.15) is 25.7 Å². The van der Waals surface area contributed by atoms with E-state index in [2.05, 4.69) is 18.3 Å².